The summed E-state index contributed by atoms with van der Waals surface area (Å²) < 4.78 is 27.2. The predicted octanol–water partition coefficient (Wildman–Crippen LogP) is 1.72. The molecule has 2 unspecified atom stereocenters. The Hall–Kier alpha value is -2.71. The molecule has 142 valence electrons. The number of rotatable bonds is 4. The Labute approximate surface area is 157 Å². The summed E-state index contributed by atoms with van der Waals surface area (Å²) in [7, 11) is 0. The Morgan fingerprint density at radius 2 is 2.04 bits per heavy atom. The summed E-state index contributed by atoms with van der Waals surface area (Å²) in [5.74, 6) is -0.775. The molecule has 2 fully saturated rings. The van der Waals surface area contributed by atoms with E-state index in [9.17, 15) is 13.6 Å². The number of amides is 1. The lowest BCUT2D eigenvalue weighted by molar-refractivity contribution is -0.130. The first-order chi connectivity index (χ1) is 13.0. The zero-order valence-corrected chi connectivity index (χ0v) is 14.9. The van der Waals surface area contributed by atoms with Crippen LogP contribution in [-0.4, -0.2) is 55.2 Å². The van der Waals surface area contributed by atoms with E-state index in [2.05, 4.69) is 5.32 Å². The quantitative estimate of drug-likeness (QED) is 0.869. The second-order valence-electron chi connectivity index (χ2n) is 6.94. The number of nitrogens with one attached hydrogen (secondary N) is 1. The number of piperidine rings is 1. The van der Waals surface area contributed by atoms with Crippen LogP contribution < -0.4 is 10.2 Å². The summed E-state index contributed by atoms with van der Waals surface area (Å²) in [5, 5.41) is 21.0. The van der Waals surface area contributed by atoms with E-state index in [0.29, 0.717) is 13.1 Å². The molecule has 6 nitrogen and oxygen atoms in total. The number of anilines is 1. The molecule has 0 aromatic heterocycles. The summed E-state index contributed by atoms with van der Waals surface area (Å²) in [6.07, 6.45) is 0.515. The van der Waals surface area contributed by atoms with Crippen LogP contribution in [0.3, 0.4) is 0 Å². The van der Waals surface area contributed by atoms with Crippen molar-refractivity contribution in [3.63, 3.8) is 0 Å². The van der Waals surface area contributed by atoms with Gasteiger partial charge in [-0.15, -0.1) is 0 Å². The Bertz CT molecular complexity index is 779. The molecule has 2 aliphatic rings. The lowest BCUT2D eigenvalue weighted by Crippen LogP contribution is -2.47. The zero-order valence-electron chi connectivity index (χ0n) is 14.9. The minimum absolute atomic E-state index is 0.0125. The Balaban J connectivity index is 1.47. The molecule has 2 aliphatic heterocycles. The Morgan fingerprint density at radius 1 is 1.30 bits per heavy atom. The lowest BCUT2D eigenvalue weighted by atomic mass is 10.0. The Kier molecular flexibility index (Phi) is 5.88. The first-order valence-corrected chi connectivity index (χ1v) is 9.03. The van der Waals surface area contributed by atoms with Gasteiger partial charge >= 0.3 is 0 Å². The van der Waals surface area contributed by atoms with Crippen molar-refractivity contribution in [2.45, 2.75) is 37.5 Å². The van der Waals surface area contributed by atoms with E-state index in [1.807, 2.05) is 17.0 Å². The lowest BCUT2D eigenvalue weighted by Gasteiger charge is -2.34. The average molecular weight is 373 g/mol. The first-order valence-electron chi connectivity index (χ1n) is 9.03. The van der Waals surface area contributed by atoms with Crippen LogP contribution in [0.25, 0.3) is 0 Å². The van der Waals surface area contributed by atoms with Crippen LogP contribution in [0.15, 0.2) is 18.2 Å². The maximum absolute atomic E-state index is 13.8. The van der Waals surface area contributed by atoms with Gasteiger partial charge in [0.25, 0.3) is 0 Å². The van der Waals surface area contributed by atoms with Crippen LogP contribution in [-0.2, 0) is 4.79 Å². The van der Waals surface area contributed by atoms with Crippen molar-refractivity contribution in [1.82, 2.24) is 10.2 Å². The molecule has 1 aromatic rings. The molecule has 3 rings (SSSR count). The van der Waals surface area contributed by atoms with Gasteiger partial charge in [0.15, 0.2) is 0 Å². The fraction of sp³-hybridized carbons (Fsp3) is 0.526. The number of likely N-dealkylation sites (tertiary alicyclic amines) is 1. The SMILES string of the molecule is N#Cc1ccc(N2CCC(NCC(=O)N3CC(F)CC3C#N)CC2)cc1F. The van der Waals surface area contributed by atoms with Gasteiger partial charge in [-0.05, 0) is 31.0 Å². The van der Waals surface area contributed by atoms with E-state index in [1.54, 1.807) is 6.07 Å². The summed E-state index contributed by atoms with van der Waals surface area (Å²) in [4.78, 5) is 15.6. The smallest absolute Gasteiger partial charge is 0.237 e. The molecule has 8 heteroatoms. The van der Waals surface area contributed by atoms with Gasteiger partial charge in [-0.2, -0.15) is 10.5 Å². The number of hydrogen-bond donors (Lipinski definition) is 1. The molecule has 27 heavy (non-hydrogen) atoms. The van der Waals surface area contributed by atoms with E-state index >= 15 is 0 Å². The zero-order chi connectivity index (χ0) is 19.4. The number of nitriles is 2. The second kappa shape index (κ2) is 8.32. The number of carbonyl (C=O) groups excluding carboxylic acids is 1. The van der Waals surface area contributed by atoms with E-state index in [0.717, 1.165) is 18.5 Å². The fourth-order valence-corrected chi connectivity index (χ4v) is 3.65. The highest BCUT2D eigenvalue weighted by Crippen LogP contribution is 2.23. The van der Waals surface area contributed by atoms with Crippen molar-refractivity contribution < 1.29 is 13.6 Å². The minimum atomic E-state index is -1.13. The molecule has 0 radical (unpaired) electrons. The van der Waals surface area contributed by atoms with Crippen LogP contribution in [0.2, 0.25) is 0 Å². The maximum Gasteiger partial charge on any atom is 0.237 e. The highest BCUT2D eigenvalue weighted by molar-refractivity contribution is 5.79. The van der Waals surface area contributed by atoms with E-state index in [1.165, 1.54) is 17.0 Å². The normalized spacial score (nSPS) is 23.1. The summed E-state index contributed by atoms with van der Waals surface area (Å²) in [6.45, 7) is 1.48. The standard InChI is InChI=1S/C19H21F2N5O/c20-14-7-17(10-23)26(12-14)19(27)11-24-15-3-5-25(6-4-15)16-2-1-13(9-22)18(21)8-16/h1-2,8,14-15,17,24H,3-7,11-12H2. The van der Waals surface area contributed by atoms with Crippen LogP contribution in [0.1, 0.15) is 24.8 Å². The van der Waals surface area contributed by atoms with Gasteiger partial charge in [0.2, 0.25) is 5.91 Å². The number of alkyl halides is 1. The minimum Gasteiger partial charge on any atom is -0.371 e. The largest absolute Gasteiger partial charge is 0.371 e. The van der Waals surface area contributed by atoms with Crippen molar-refractivity contribution >= 4 is 11.6 Å². The number of carbonyl (C=O) groups is 1. The monoisotopic (exact) mass is 373 g/mol. The highest BCUT2D eigenvalue weighted by atomic mass is 19.1. The molecule has 1 N–H and O–H groups in total. The van der Waals surface area contributed by atoms with Gasteiger partial charge in [-0.25, -0.2) is 8.78 Å². The van der Waals surface area contributed by atoms with Crippen molar-refractivity contribution in [3.8, 4) is 12.1 Å². The molecule has 1 aromatic carbocycles. The van der Waals surface area contributed by atoms with Gasteiger partial charge in [-0.1, -0.05) is 0 Å². The van der Waals surface area contributed by atoms with Gasteiger partial charge in [0.05, 0.1) is 24.7 Å². The molecular weight excluding hydrogens is 352 g/mol. The average Bonchev–Trinajstić information content (AvgIpc) is 3.07. The molecule has 1 amide bonds. The third-order valence-electron chi connectivity index (χ3n) is 5.19. The summed E-state index contributed by atoms with van der Waals surface area (Å²) >= 11 is 0. The summed E-state index contributed by atoms with van der Waals surface area (Å²) in [6, 6.07) is 7.84. The number of hydrogen-bond acceptors (Lipinski definition) is 5. The molecule has 0 bridgehead atoms. The van der Waals surface area contributed by atoms with Crippen molar-refractivity contribution in [2.24, 2.45) is 0 Å². The van der Waals surface area contributed by atoms with Crippen LogP contribution in [0.4, 0.5) is 14.5 Å². The highest BCUT2D eigenvalue weighted by Gasteiger charge is 2.35. The summed E-state index contributed by atoms with van der Waals surface area (Å²) in [5.41, 5.74) is 0.769. The molecule has 0 saturated carbocycles. The van der Waals surface area contributed by atoms with Crippen LogP contribution >= 0.6 is 0 Å². The van der Waals surface area contributed by atoms with Crippen molar-refractivity contribution in [3.05, 3.63) is 29.6 Å². The van der Waals surface area contributed by atoms with Gasteiger partial charge in [0, 0.05) is 31.2 Å². The van der Waals surface area contributed by atoms with Crippen LogP contribution in [0, 0.1) is 28.5 Å². The van der Waals surface area contributed by atoms with Gasteiger partial charge < -0.3 is 15.1 Å². The third-order valence-corrected chi connectivity index (χ3v) is 5.19. The molecule has 2 heterocycles. The van der Waals surface area contributed by atoms with Crippen LogP contribution in [0.5, 0.6) is 0 Å². The van der Waals surface area contributed by atoms with Gasteiger partial charge in [-0.3, -0.25) is 4.79 Å². The molecule has 0 aliphatic carbocycles. The molecule has 0 spiro atoms. The van der Waals surface area contributed by atoms with Crippen molar-refractivity contribution in [1.29, 1.82) is 10.5 Å². The maximum atomic E-state index is 13.8. The predicted molar refractivity (Wildman–Crippen MR) is 95.0 cm³/mol. The molecule has 2 atom stereocenters. The van der Waals surface area contributed by atoms with E-state index in [4.69, 9.17) is 10.5 Å². The first kappa shape index (κ1) is 19.1. The molecular formula is C19H21F2N5O. The number of benzene rings is 1. The number of nitrogens with zero attached hydrogens (tertiary/aromatic N) is 4. The molecule has 2 saturated heterocycles. The van der Waals surface area contributed by atoms with Crippen molar-refractivity contribution in [2.75, 3.05) is 31.1 Å². The van der Waals surface area contributed by atoms with Gasteiger partial charge in [0.1, 0.15) is 24.1 Å². The second-order valence-corrected chi connectivity index (χ2v) is 6.94. The Morgan fingerprint density at radius 3 is 2.67 bits per heavy atom. The third kappa shape index (κ3) is 4.35. The van der Waals surface area contributed by atoms with E-state index < -0.39 is 18.0 Å². The van der Waals surface area contributed by atoms with E-state index in [-0.39, 0.29) is 37.0 Å². The topological polar surface area (TPSA) is 83.2 Å². The number of halogens is 2. The fourth-order valence-electron chi connectivity index (χ4n) is 3.65.